The monoisotopic (exact) mass is 244 g/mol. The van der Waals surface area contributed by atoms with Crippen LogP contribution >= 0.6 is 0 Å². The molecule has 3 heteroatoms. The van der Waals surface area contributed by atoms with Gasteiger partial charge in [0.05, 0.1) is 0 Å². The first kappa shape index (κ1) is 15.8. The van der Waals surface area contributed by atoms with E-state index in [-0.39, 0.29) is 11.1 Å². The van der Waals surface area contributed by atoms with Gasteiger partial charge in [0.1, 0.15) is 12.4 Å². The van der Waals surface area contributed by atoms with Gasteiger partial charge in [0.25, 0.3) is 0 Å². The average molecular weight is 244 g/mol. The van der Waals surface area contributed by atoms with Crippen molar-refractivity contribution in [2.24, 2.45) is 0 Å². The van der Waals surface area contributed by atoms with Gasteiger partial charge in [0.2, 0.25) is 0 Å². The highest BCUT2D eigenvalue weighted by atomic mass is 28.4. The zero-order valence-corrected chi connectivity index (χ0v) is 12.8. The third-order valence-electron chi connectivity index (χ3n) is 3.50. The molecule has 0 fully saturated rings. The van der Waals surface area contributed by atoms with E-state index in [1.165, 1.54) is 12.8 Å². The van der Waals surface area contributed by atoms with Crippen molar-refractivity contribution in [3.05, 3.63) is 0 Å². The Morgan fingerprint density at radius 1 is 1.25 bits per heavy atom. The fourth-order valence-electron chi connectivity index (χ4n) is 1.31. The molecule has 0 aromatic carbocycles. The Labute approximate surface area is 102 Å². The van der Waals surface area contributed by atoms with Crippen molar-refractivity contribution in [1.29, 1.82) is 0 Å². The quantitative estimate of drug-likeness (QED) is 0.382. The lowest BCUT2D eigenvalue weighted by molar-refractivity contribution is -0.114. The molecule has 0 saturated carbocycles. The van der Waals surface area contributed by atoms with Crippen LogP contribution in [0.15, 0.2) is 0 Å². The minimum atomic E-state index is -1.78. The van der Waals surface area contributed by atoms with Gasteiger partial charge in [-0.05, 0) is 24.6 Å². The van der Waals surface area contributed by atoms with E-state index in [0.717, 1.165) is 19.1 Å². The molecule has 1 atom stereocenters. The van der Waals surface area contributed by atoms with Gasteiger partial charge in [0.15, 0.2) is 8.32 Å². The smallest absolute Gasteiger partial charge is 0.193 e. The fourth-order valence-corrected chi connectivity index (χ4v) is 2.59. The molecular weight excluding hydrogens is 216 g/mol. The van der Waals surface area contributed by atoms with Crippen LogP contribution in [0.3, 0.4) is 0 Å². The van der Waals surface area contributed by atoms with Gasteiger partial charge < -0.3 is 9.22 Å². The minimum Gasteiger partial charge on any atom is -0.407 e. The molecule has 0 aliphatic heterocycles. The van der Waals surface area contributed by atoms with Crippen LogP contribution in [0.25, 0.3) is 0 Å². The molecule has 0 unspecified atom stereocenters. The molecule has 16 heavy (non-hydrogen) atoms. The molecule has 0 aromatic heterocycles. The normalized spacial score (nSPS) is 14.9. The highest BCUT2D eigenvalue weighted by Crippen LogP contribution is 2.37. The second kappa shape index (κ2) is 6.55. The Morgan fingerprint density at radius 3 is 2.19 bits per heavy atom. The second-order valence-corrected chi connectivity index (χ2v) is 10.8. The topological polar surface area (TPSA) is 26.3 Å². The standard InChI is InChI=1S/C13H28O2Si/c1-7-8-9-10-12(11-14)15-16(5,6)13(2,3)4/h11-12H,7-10H2,1-6H3/t12-/m1/s1. The van der Waals surface area contributed by atoms with Gasteiger partial charge in [-0.15, -0.1) is 0 Å². The lowest BCUT2D eigenvalue weighted by Crippen LogP contribution is -2.44. The van der Waals surface area contributed by atoms with Crippen molar-refractivity contribution in [2.45, 2.75) is 77.6 Å². The fraction of sp³-hybridized carbons (Fsp3) is 0.923. The van der Waals surface area contributed by atoms with Crippen LogP contribution in [0, 0.1) is 0 Å². The summed E-state index contributed by atoms with van der Waals surface area (Å²) in [6.07, 6.45) is 5.14. The summed E-state index contributed by atoms with van der Waals surface area (Å²) < 4.78 is 6.07. The highest BCUT2D eigenvalue weighted by molar-refractivity contribution is 6.74. The molecular formula is C13H28O2Si. The second-order valence-electron chi connectivity index (χ2n) is 6.05. The zero-order chi connectivity index (χ0) is 12.8. The summed E-state index contributed by atoms with van der Waals surface area (Å²) in [5.41, 5.74) is 0. The molecule has 96 valence electrons. The van der Waals surface area contributed by atoms with E-state index in [1.807, 2.05) is 0 Å². The minimum absolute atomic E-state index is 0.180. The van der Waals surface area contributed by atoms with Gasteiger partial charge in [0, 0.05) is 0 Å². The number of rotatable bonds is 7. The Balaban J connectivity index is 4.26. The number of carbonyl (C=O) groups is 1. The molecule has 0 N–H and O–H groups in total. The molecule has 0 heterocycles. The molecule has 0 aromatic rings. The largest absolute Gasteiger partial charge is 0.407 e. The van der Waals surface area contributed by atoms with Gasteiger partial charge >= 0.3 is 0 Å². The number of aldehydes is 1. The SMILES string of the molecule is CCCCC[C@H](C=O)O[Si](C)(C)C(C)(C)C. The number of hydrogen-bond acceptors (Lipinski definition) is 2. The predicted octanol–water partition coefficient (Wildman–Crippen LogP) is 4.16. The van der Waals surface area contributed by atoms with Crippen molar-refractivity contribution in [3.63, 3.8) is 0 Å². The van der Waals surface area contributed by atoms with Crippen LogP contribution in [-0.4, -0.2) is 20.7 Å². The van der Waals surface area contributed by atoms with Crippen molar-refractivity contribution >= 4 is 14.6 Å². The Hall–Kier alpha value is -0.153. The Morgan fingerprint density at radius 2 is 1.81 bits per heavy atom. The third-order valence-corrected chi connectivity index (χ3v) is 8.00. The summed E-state index contributed by atoms with van der Waals surface area (Å²) in [5, 5.41) is 0.180. The van der Waals surface area contributed by atoms with E-state index < -0.39 is 8.32 Å². The van der Waals surface area contributed by atoms with Crippen LogP contribution in [0.5, 0.6) is 0 Å². The Bertz CT molecular complexity index is 206. The maximum Gasteiger partial charge on any atom is 0.193 e. The zero-order valence-electron chi connectivity index (χ0n) is 11.8. The molecule has 2 nitrogen and oxygen atoms in total. The maximum absolute atomic E-state index is 11.0. The van der Waals surface area contributed by atoms with Crippen LogP contribution in [0.4, 0.5) is 0 Å². The average Bonchev–Trinajstić information content (AvgIpc) is 2.14. The summed E-state index contributed by atoms with van der Waals surface area (Å²) in [6, 6.07) is 0. The van der Waals surface area contributed by atoms with Crippen LogP contribution in [0.1, 0.15) is 53.4 Å². The summed E-state index contributed by atoms with van der Waals surface area (Å²) in [7, 11) is -1.78. The number of unbranched alkanes of at least 4 members (excludes halogenated alkanes) is 2. The van der Waals surface area contributed by atoms with Crippen LogP contribution < -0.4 is 0 Å². The molecule has 0 bridgehead atoms. The predicted molar refractivity (Wildman–Crippen MR) is 72.3 cm³/mol. The first-order valence-corrected chi connectivity index (χ1v) is 9.28. The number of hydrogen-bond donors (Lipinski definition) is 0. The van der Waals surface area contributed by atoms with Gasteiger partial charge in [-0.3, -0.25) is 0 Å². The van der Waals surface area contributed by atoms with E-state index in [0.29, 0.717) is 0 Å². The molecule has 0 aliphatic carbocycles. The molecule has 0 rings (SSSR count). The van der Waals surface area contributed by atoms with Crippen molar-refractivity contribution in [3.8, 4) is 0 Å². The van der Waals surface area contributed by atoms with E-state index >= 15 is 0 Å². The van der Waals surface area contributed by atoms with Crippen molar-refractivity contribution < 1.29 is 9.22 Å². The van der Waals surface area contributed by atoms with E-state index in [9.17, 15) is 4.79 Å². The first-order valence-electron chi connectivity index (χ1n) is 6.37. The van der Waals surface area contributed by atoms with E-state index in [2.05, 4.69) is 40.8 Å². The molecule has 0 saturated heterocycles. The van der Waals surface area contributed by atoms with E-state index in [1.54, 1.807) is 0 Å². The van der Waals surface area contributed by atoms with Crippen molar-refractivity contribution in [2.75, 3.05) is 0 Å². The first-order chi connectivity index (χ1) is 7.24. The lowest BCUT2D eigenvalue weighted by Gasteiger charge is -2.38. The molecule has 0 spiro atoms. The van der Waals surface area contributed by atoms with Gasteiger partial charge in [-0.25, -0.2) is 0 Å². The number of carbonyl (C=O) groups excluding carboxylic acids is 1. The van der Waals surface area contributed by atoms with Gasteiger partial charge in [-0.1, -0.05) is 47.0 Å². The summed E-state index contributed by atoms with van der Waals surface area (Å²) in [6.45, 7) is 13.2. The molecule has 0 aliphatic rings. The van der Waals surface area contributed by atoms with Crippen molar-refractivity contribution in [1.82, 2.24) is 0 Å². The van der Waals surface area contributed by atoms with Crippen LogP contribution in [0.2, 0.25) is 18.1 Å². The lowest BCUT2D eigenvalue weighted by atomic mass is 10.1. The molecule has 0 amide bonds. The third kappa shape index (κ3) is 5.26. The summed E-state index contributed by atoms with van der Waals surface area (Å²) in [5.74, 6) is 0. The maximum atomic E-state index is 11.0. The molecule has 0 radical (unpaired) electrons. The van der Waals surface area contributed by atoms with E-state index in [4.69, 9.17) is 4.43 Å². The summed E-state index contributed by atoms with van der Waals surface area (Å²) >= 11 is 0. The highest BCUT2D eigenvalue weighted by Gasteiger charge is 2.38. The summed E-state index contributed by atoms with van der Waals surface area (Å²) in [4.78, 5) is 11.0. The van der Waals surface area contributed by atoms with Gasteiger partial charge in [-0.2, -0.15) is 0 Å². The van der Waals surface area contributed by atoms with Crippen LogP contribution in [-0.2, 0) is 9.22 Å². The Kier molecular flexibility index (Phi) is 6.49.